The summed E-state index contributed by atoms with van der Waals surface area (Å²) in [5, 5.41) is 0. The fraction of sp³-hybridized carbons (Fsp3) is 1.00. The number of nitrogens with zero attached hydrogens (tertiary/aromatic N) is 2. The molecule has 1 aliphatic heterocycles. The highest BCUT2D eigenvalue weighted by atomic mass is 32.2. The van der Waals surface area contributed by atoms with E-state index in [-0.39, 0.29) is 0 Å². The van der Waals surface area contributed by atoms with Gasteiger partial charge in [0, 0.05) is 74.4 Å². The summed E-state index contributed by atoms with van der Waals surface area (Å²) in [7, 11) is 0. The summed E-state index contributed by atoms with van der Waals surface area (Å²) < 4.78 is 0. The van der Waals surface area contributed by atoms with E-state index in [9.17, 15) is 0 Å². The Morgan fingerprint density at radius 1 is 0.562 bits per heavy atom. The molecule has 188 valence electrons. The molecular weight excluding hydrogens is 432 g/mol. The van der Waals surface area contributed by atoms with Gasteiger partial charge in [-0.2, -0.15) is 23.5 Å². The van der Waals surface area contributed by atoms with Gasteiger partial charge < -0.3 is 11.5 Å². The molecule has 6 heteroatoms. The molecule has 0 bridgehead atoms. The second-order valence-electron chi connectivity index (χ2n) is 10.6. The van der Waals surface area contributed by atoms with Gasteiger partial charge in [-0.15, -0.1) is 0 Å². The maximum atomic E-state index is 5.76. The molecule has 0 amide bonds. The second-order valence-corrected chi connectivity index (χ2v) is 13.0. The normalized spacial score (nSPS) is 27.2. The lowest BCUT2D eigenvalue weighted by Crippen LogP contribution is -2.59. The van der Waals surface area contributed by atoms with Crippen LogP contribution in [0, 0.1) is 11.8 Å². The predicted molar refractivity (Wildman–Crippen MR) is 146 cm³/mol. The van der Waals surface area contributed by atoms with E-state index in [1.165, 1.54) is 115 Å². The predicted octanol–water partition coefficient (Wildman–Crippen LogP) is 4.67. The molecule has 4 N–H and O–H groups in total. The molecule has 4 nitrogen and oxygen atoms in total. The van der Waals surface area contributed by atoms with Crippen LogP contribution in [0.4, 0.5) is 0 Å². The molecule has 2 atom stereocenters. The van der Waals surface area contributed by atoms with E-state index in [1.54, 1.807) is 0 Å². The zero-order valence-corrected chi connectivity index (χ0v) is 22.4. The SMILES string of the molecule is NCCSCCN1CC(CC2CCCCC2)N(CCSCCN)CC1CC1CCCCC1. The first-order chi connectivity index (χ1) is 15.8. The molecule has 0 spiro atoms. The summed E-state index contributed by atoms with van der Waals surface area (Å²) in [4.78, 5) is 5.85. The zero-order valence-electron chi connectivity index (χ0n) is 20.7. The third-order valence-electron chi connectivity index (χ3n) is 8.15. The Bertz CT molecular complexity index is 427. The first-order valence-electron chi connectivity index (χ1n) is 13.8. The quantitative estimate of drug-likeness (QED) is 0.350. The molecular formula is C26H52N4S2. The van der Waals surface area contributed by atoms with Crippen LogP contribution in [0.1, 0.15) is 77.0 Å². The molecule has 0 radical (unpaired) electrons. The van der Waals surface area contributed by atoms with Gasteiger partial charge in [0.1, 0.15) is 0 Å². The maximum Gasteiger partial charge on any atom is 0.0226 e. The lowest BCUT2D eigenvalue weighted by atomic mass is 9.81. The van der Waals surface area contributed by atoms with Crippen molar-refractivity contribution in [2.24, 2.45) is 23.3 Å². The Hall–Kier alpha value is 0.540. The fourth-order valence-electron chi connectivity index (χ4n) is 6.42. The van der Waals surface area contributed by atoms with Gasteiger partial charge >= 0.3 is 0 Å². The number of nitrogens with two attached hydrogens (primary N) is 2. The molecule has 3 fully saturated rings. The van der Waals surface area contributed by atoms with Crippen LogP contribution in [0.3, 0.4) is 0 Å². The van der Waals surface area contributed by atoms with Crippen molar-refractivity contribution in [2.45, 2.75) is 89.1 Å². The van der Waals surface area contributed by atoms with E-state index >= 15 is 0 Å². The smallest absolute Gasteiger partial charge is 0.0226 e. The van der Waals surface area contributed by atoms with Crippen LogP contribution in [-0.4, -0.2) is 84.2 Å². The third-order valence-corrected chi connectivity index (χ3v) is 10.1. The minimum absolute atomic E-state index is 0.763. The zero-order chi connectivity index (χ0) is 22.4. The van der Waals surface area contributed by atoms with Crippen molar-refractivity contribution in [3.8, 4) is 0 Å². The molecule has 2 unspecified atom stereocenters. The van der Waals surface area contributed by atoms with Crippen LogP contribution in [0.5, 0.6) is 0 Å². The van der Waals surface area contributed by atoms with Crippen molar-refractivity contribution in [3.05, 3.63) is 0 Å². The van der Waals surface area contributed by atoms with Crippen LogP contribution >= 0.6 is 23.5 Å². The van der Waals surface area contributed by atoms with Crippen molar-refractivity contribution in [3.63, 3.8) is 0 Å². The number of hydrogen-bond donors (Lipinski definition) is 2. The van der Waals surface area contributed by atoms with Gasteiger partial charge in [-0.25, -0.2) is 0 Å². The van der Waals surface area contributed by atoms with Gasteiger partial charge in [-0.05, 0) is 24.7 Å². The van der Waals surface area contributed by atoms with E-state index in [0.29, 0.717) is 0 Å². The molecule has 32 heavy (non-hydrogen) atoms. The van der Waals surface area contributed by atoms with Crippen LogP contribution in [0.15, 0.2) is 0 Å². The van der Waals surface area contributed by atoms with E-state index < -0.39 is 0 Å². The van der Waals surface area contributed by atoms with Gasteiger partial charge in [0.2, 0.25) is 0 Å². The molecule has 2 aliphatic carbocycles. The topological polar surface area (TPSA) is 58.5 Å². The van der Waals surface area contributed by atoms with Crippen molar-refractivity contribution < 1.29 is 0 Å². The number of hydrogen-bond acceptors (Lipinski definition) is 6. The van der Waals surface area contributed by atoms with Gasteiger partial charge in [0.05, 0.1) is 0 Å². The monoisotopic (exact) mass is 484 g/mol. The summed E-state index contributed by atoms with van der Waals surface area (Å²) in [6.07, 6.45) is 17.6. The van der Waals surface area contributed by atoms with Crippen molar-refractivity contribution in [1.82, 2.24) is 9.80 Å². The summed E-state index contributed by atoms with van der Waals surface area (Å²) in [5.41, 5.74) is 11.5. The highest BCUT2D eigenvalue weighted by Crippen LogP contribution is 2.34. The lowest BCUT2D eigenvalue weighted by Gasteiger charge is -2.49. The minimum Gasteiger partial charge on any atom is -0.330 e. The maximum absolute atomic E-state index is 5.76. The van der Waals surface area contributed by atoms with Gasteiger partial charge in [-0.1, -0.05) is 64.2 Å². The third kappa shape index (κ3) is 9.65. The van der Waals surface area contributed by atoms with E-state index in [0.717, 1.165) is 48.5 Å². The Balaban J connectivity index is 1.62. The first kappa shape index (κ1) is 27.1. The van der Waals surface area contributed by atoms with E-state index in [1.807, 2.05) is 0 Å². The van der Waals surface area contributed by atoms with Crippen LogP contribution < -0.4 is 11.5 Å². The molecule has 2 saturated carbocycles. The highest BCUT2D eigenvalue weighted by Gasteiger charge is 2.35. The number of thioether (sulfide) groups is 2. The lowest BCUT2D eigenvalue weighted by molar-refractivity contribution is 0.0113. The molecule has 3 aliphatic rings. The van der Waals surface area contributed by atoms with E-state index in [4.69, 9.17) is 11.5 Å². The summed E-state index contributed by atoms with van der Waals surface area (Å²) in [5.74, 6) is 6.66. The first-order valence-corrected chi connectivity index (χ1v) is 16.1. The van der Waals surface area contributed by atoms with E-state index in [2.05, 4.69) is 33.3 Å². The molecule has 1 saturated heterocycles. The number of rotatable bonds is 14. The largest absolute Gasteiger partial charge is 0.330 e. The Labute approximate surface area is 207 Å². The summed E-state index contributed by atoms with van der Waals surface area (Å²) in [6.45, 7) is 6.76. The second kappa shape index (κ2) is 16.3. The van der Waals surface area contributed by atoms with Gasteiger partial charge in [-0.3, -0.25) is 9.80 Å². The Morgan fingerprint density at radius 3 is 1.34 bits per heavy atom. The Kier molecular flexibility index (Phi) is 13.8. The van der Waals surface area contributed by atoms with Crippen molar-refractivity contribution in [1.29, 1.82) is 0 Å². The molecule has 0 aromatic carbocycles. The molecule has 3 rings (SSSR count). The highest BCUT2D eigenvalue weighted by molar-refractivity contribution is 7.99. The molecule has 1 heterocycles. The van der Waals surface area contributed by atoms with Gasteiger partial charge in [0.25, 0.3) is 0 Å². The fourth-order valence-corrected chi connectivity index (χ4v) is 7.88. The summed E-state index contributed by atoms with van der Waals surface area (Å²) >= 11 is 4.11. The molecule has 0 aromatic rings. The average Bonchev–Trinajstić information content (AvgIpc) is 2.83. The molecule has 0 aromatic heterocycles. The Morgan fingerprint density at radius 2 is 0.969 bits per heavy atom. The standard InChI is InChI=1S/C26H52N4S2/c27-11-15-31-17-13-29-22-26(20-24-9-5-2-6-10-24)30(14-18-32-16-12-28)21-25(29)19-23-7-3-1-4-8-23/h23-26H,1-22,27-28H2. The summed E-state index contributed by atoms with van der Waals surface area (Å²) in [6, 6.07) is 1.53. The van der Waals surface area contributed by atoms with Crippen LogP contribution in [0.25, 0.3) is 0 Å². The van der Waals surface area contributed by atoms with Gasteiger partial charge in [0.15, 0.2) is 0 Å². The average molecular weight is 485 g/mol. The number of piperazine rings is 1. The van der Waals surface area contributed by atoms with Crippen LogP contribution in [0.2, 0.25) is 0 Å². The van der Waals surface area contributed by atoms with Crippen LogP contribution in [-0.2, 0) is 0 Å². The van der Waals surface area contributed by atoms with Crippen molar-refractivity contribution in [2.75, 3.05) is 62.3 Å². The van der Waals surface area contributed by atoms with Crippen molar-refractivity contribution >= 4 is 23.5 Å². The minimum atomic E-state index is 0.763.